The molecule has 0 unspecified atom stereocenters. The van der Waals surface area contributed by atoms with Gasteiger partial charge in [-0.05, 0) is 74.1 Å². The van der Waals surface area contributed by atoms with Gasteiger partial charge in [0.1, 0.15) is 11.8 Å². The van der Waals surface area contributed by atoms with Gasteiger partial charge in [0.15, 0.2) is 11.5 Å². The topological polar surface area (TPSA) is 77.1 Å². The molecule has 7 nitrogen and oxygen atoms in total. The molecule has 0 aliphatic heterocycles. The second kappa shape index (κ2) is 15.9. The lowest BCUT2D eigenvalue weighted by molar-refractivity contribution is -0.141. The van der Waals surface area contributed by atoms with Crippen molar-refractivity contribution in [3.63, 3.8) is 0 Å². The largest absolute Gasteiger partial charge is 0.497 e. The van der Waals surface area contributed by atoms with Crippen LogP contribution in [-0.4, -0.2) is 49.1 Å². The average molecular weight is 573 g/mol. The third-order valence-corrected chi connectivity index (χ3v) is 7.70. The van der Waals surface area contributed by atoms with E-state index in [0.717, 1.165) is 42.4 Å². The Bertz CT molecular complexity index is 1290. The van der Waals surface area contributed by atoms with Crippen molar-refractivity contribution < 1.29 is 23.8 Å². The van der Waals surface area contributed by atoms with Crippen LogP contribution in [0.1, 0.15) is 62.6 Å². The molecule has 1 atom stereocenters. The predicted octanol–water partition coefficient (Wildman–Crippen LogP) is 6.12. The number of hydrogen-bond acceptors (Lipinski definition) is 5. The molecule has 1 N–H and O–H groups in total. The van der Waals surface area contributed by atoms with Crippen molar-refractivity contribution in [1.82, 2.24) is 10.2 Å². The highest BCUT2D eigenvalue weighted by molar-refractivity contribution is 5.88. The standard InChI is InChI=1S/C35H44N2O5/c1-4-41-32-20-18-27(24-33(32)42-5-2)19-21-34(38)37(25-28-14-11-17-30(22-28)40-3)31(23-26-12-7-6-8-13-26)35(39)36-29-15-9-10-16-29/h6-8,11-14,17-18,20,22,24,29,31H,4-5,9-10,15-16,19,21,23,25H2,1-3H3,(H,36,39)/t31-/m1/s1. The minimum absolute atomic E-state index is 0.0767. The number of benzene rings is 3. The smallest absolute Gasteiger partial charge is 0.243 e. The number of rotatable bonds is 15. The van der Waals surface area contributed by atoms with E-state index in [1.165, 1.54) is 0 Å². The lowest BCUT2D eigenvalue weighted by Crippen LogP contribution is -2.52. The van der Waals surface area contributed by atoms with Crippen LogP contribution in [0.5, 0.6) is 17.2 Å². The lowest BCUT2D eigenvalue weighted by atomic mass is 10.0. The van der Waals surface area contributed by atoms with E-state index in [0.29, 0.717) is 49.8 Å². The highest BCUT2D eigenvalue weighted by Crippen LogP contribution is 2.29. The number of hydrogen-bond donors (Lipinski definition) is 1. The Morgan fingerprint density at radius 1 is 0.857 bits per heavy atom. The van der Waals surface area contributed by atoms with Gasteiger partial charge < -0.3 is 24.4 Å². The molecule has 0 saturated heterocycles. The number of carbonyl (C=O) groups is 2. The summed E-state index contributed by atoms with van der Waals surface area (Å²) in [6.07, 6.45) is 5.40. The minimum Gasteiger partial charge on any atom is -0.497 e. The van der Waals surface area contributed by atoms with Crippen molar-refractivity contribution in [2.24, 2.45) is 0 Å². The zero-order valence-corrected chi connectivity index (χ0v) is 25.1. The van der Waals surface area contributed by atoms with Crippen LogP contribution in [0.15, 0.2) is 72.8 Å². The van der Waals surface area contributed by atoms with Crippen LogP contribution in [0.4, 0.5) is 0 Å². The first-order valence-electron chi connectivity index (χ1n) is 15.2. The van der Waals surface area contributed by atoms with Crippen LogP contribution in [-0.2, 0) is 29.0 Å². The second-order valence-electron chi connectivity index (χ2n) is 10.7. The molecule has 42 heavy (non-hydrogen) atoms. The van der Waals surface area contributed by atoms with Crippen molar-refractivity contribution >= 4 is 11.8 Å². The molecule has 7 heteroatoms. The van der Waals surface area contributed by atoms with Gasteiger partial charge in [0.05, 0.1) is 20.3 Å². The van der Waals surface area contributed by atoms with Crippen LogP contribution >= 0.6 is 0 Å². The van der Waals surface area contributed by atoms with E-state index >= 15 is 0 Å². The molecule has 3 aromatic rings. The summed E-state index contributed by atoms with van der Waals surface area (Å²) in [6, 6.07) is 22.9. The quantitative estimate of drug-likeness (QED) is 0.237. The summed E-state index contributed by atoms with van der Waals surface area (Å²) in [4.78, 5) is 29.7. The van der Waals surface area contributed by atoms with E-state index in [1.807, 2.05) is 86.6 Å². The first-order chi connectivity index (χ1) is 20.5. The summed E-state index contributed by atoms with van der Waals surface area (Å²) in [7, 11) is 1.63. The van der Waals surface area contributed by atoms with E-state index in [4.69, 9.17) is 14.2 Å². The van der Waals surface area contributed by atoms with Crippen LogP contribution in [0.2, 0.25) is 0 Å². The van der Waals surface area contributed by atoms with Gasteiger partial charge in [-0.2, -0.15) is 0 Å². The maximum absolute atomic E-state index is 14.1. The fourth-order valence-corrected chi connectivity index (χ4v) is 5.53. The van der Waals surface area contributed by atoms with Gasteiger partial charge in [0, 0.05) is 25.4 Å². The van der Waals surface area contributed by atoms with Crippen LogP contribution in [0, 0.1) is 0 Å². The molecular formula is C35H44N2O5. The van der Waals surface area contributed by atoms with Gasteiger partial charge in [0.2, 0.25) is 11.8 Å². The summed E-state index contributed by atoms with van der Waals surface area (Å²) < 4.78 is 17.0. The van der Waals surface area contributed by atoms with E-state index < -0.39 is 6.04 Å². The van der Waals surface area contributed by atoms with E-state index in [9.17, 15) is 9.59 Å². The summed E-state index contributed by atoms with van der Waals surface area (Å²) in [5, 5.41) is 3.27. The van der Waals surface area contributed by atoms with E-state index in [-0.39, 0.29) is 24.3 Å². The number of ether oxygens (including phenoxy) is 3. The van der Waals surface area contributed by atoms with Crippen LogP contribution in [0.25, 0.3) is 0 Å². The highest BCUT2D eigenvalue weighted by atomic mass is 16.5. The predicted molar refractivity (Wildman–Crippen MR) is 165 cm³/mol. The maximum atomic E-state index is 14.1. The molecule has 0 aromatic heterocycles. The molecule has 0 heterocycles. The summed E-state index contributed by atoms with van der Waals surface area (Å²) in [5.41, 5.74) is 2.90. The zero-order valence-electron chi connectivity index (χ0n) is 25.1. The molecule has 3 aromatic carbocycles. The first kappa shape index (κ1) is 30.9. The average Bonchev–Trinajstić information content (AvgIpc) is 3.52. The van der Waals surface area contributed by atoms with Crippen LogP contribution < -0.4 is 19.5 Å². The number of amides is 2. The van der Waals surface area contributed by atoms with Crippen molar-refractivity contribution in [3.8, 4) is 17.2 Å². The number of aryl methyl sites for hydroxylation is 1. The van der Waals surface area contributed by atoms with Gasteiger partial charge in [-0.1, -0.05) is 61.4 Å². The summed E-state index contributed by atoms with van der Waals surface area (Å²) >= 11 is 0. The Hall–Kier alpha value is -4.00. The third kappa shape index (κ3) is 8.75. The molecule has 1 fully saturated rings. The zero-order chi connectivity index (χ0) is 29.7. The minimum atomic E-state index is -0.647. The molecule has 0 spiro atoms. The van der Waals surface area contributed by atoms with Crippen LogP contribution in [0.3, 0.4) is 0 Å². The van der Waals surface area contributed by atoms with Crippen molar-refractivity contribution in [3.05, 3.63) is 89.5 Å². The molecule has 0 radical (unpaired) electrons. The third-order valence-electron chi connectivity index (χ3n) is 7.70. The molecule has 2 amide bonds. The molecule has 224 valence electrons. The van der Waals surface area contributed by atoms with Crippen molar-refractivity contribution in [1.29, 1.82) is 0 Å². The Morgan fingerprint density at radius 3 is 2.29 bits per heavy atom. The molecule has 0 bridgehead atoms. The summed E-state index contributed by atoms with van der Waals surface area (Å²) in [5.74, 6) is 1.91. The normalized spacial score (nSPS) is 13.8. The molecule has 1 saturated carbocycles. The Balaban J connectivity index is 1.61. The summed E-state index contributed by atoms with van der Waals surface area (Å²) in [6.45, 7) is 5.25. The van der Waals surface area contributed by atoms with Gasteiger partial charge in [0.25, 0.3) is 0 Å². The van der Waals surface area contributed by atoms with Crippen molar-refractivity contribution in [2.45, 2.75) is 77.4 Å². The molecule has 1 aliphatic carbocycles. The Morgan fingerprint density at radius 2 is 1.57 bits per heavy atom. The lowest BCUT2D eigenvalue weighted by Gasteiger charge is -2.32. The Labute approximate surface area is 250 Å². The van der Waals surface area contributed by atoms with Gasteiger partial charge >= 0.3 is 0 Å². The fourth-order valence-electron chi connectivity index (χ4n) is 5.53. The maximum Gasteiger partial charge on any atom is 0.243 e. The molecular weight excluding hydrogens is 528 g/mol. The number of nitrogens with one attached hydrogen (secondary N) is 1. The van der Waals surface area contributed by atoms with E-state index in [1.54, 1.807) is 12.0 Å². The second-order valence-corrected chi connectivity index (χ2v) is 10.7. The van der Waals surface area contributed by atoms with Gasteiger partial charge in [-0.3, -0.25) is 9.59 Å². The van der Waals surface area contributed by atoms with Gasteiger partial charge in [-0.15, -0.1) is 0 Å². The van der Waals surface area contributed by atoms with Gasteiger partial charge in [-0.25, -0.2) is 0 Å². The Kier molecular flexibility index (Phi) is 11.7. The monoisotopic (exact) mass is 572 g/mol. The number of nitrogens with zero attached hydrogens (tertiary/aromatic N) is 1. The van der Waals surface area contributed by atoms with E-state index in [2.05, 4.69) is 5.32 Å². The molecule has 4 rings (SSSR count). The van der Waals surface area contributed by atoms with Crippen molar-refractivity contribution in [2.75, 3.05) is 20.3 Å². The molecule has 1 aliphatic rings. The fraction of sp³-hybridized carbons (Fsp3) is 0.429. The number of carbonyl (C=O) groups excluding carboxylic acids is 2. The SMILES string of the molecule is CCOc1ccc(CCC(=O)N(Cc2cccc(OC)c2)[C@H](Cc2ccccc2)C(=O)NC2CCCC2)cc1OCC. The highest BCUT2D eigenvalue weighted by Gasteiger charge is 2.32. The first-order valence-corrected chi connectivity index (χ1v) is 15.2. The number of methoxy groups -OCH3 is 1.